The fourth-order valence-electron chi connectivity index (χ4n) is 3.30. The van der Waals surface area contributed by atoms with Crippen LogP contribution in [0.1, 0.15) is 0 Å². The van der Waals surface area contributed by atoms with Gasteiger partial charge in [-0.25, -0.2) is 19.9 Å². The number of nitrogens with zero attached hydrogens (tertiary/aromatic N) is 6. The zero-order valence-corrected chi connectivity index (χ0v) is 17.8. The lowest BCUT2D eigenvalue weighted by atomic mass is 10.3. The maximum absolute atomic E-state index is 6.32. The minimum atomic E-state index is 0.384. The molecule has 0 aliphatic carbocycles. The number of nitrogens with two attached hydrogens (primary N) is 1. The molecule has 0 unspecified atom stereocenters. The highest BCUT2D eigenvalue weighted by molar-refractivity contribution is 8.01. The van der Waals surface area contributed by atoms with Gasteiger partial charge in [0.25, 0.3) is 0 Å². The maximum Gasteiger partial charge on any atom is 0.177 e. The Labute approximate surface area is 180 Å². The molecule has 1 aromatic carbocycles. The van der Waals surface area contributed by atoms with E-state index in [2.05, 4.69) is 19.4 Å². The number of anilines is 1. The molecule has 1 fully saturated rings. The van der Waals surface area contributed by atoms with Gasteiger partial charge >= 0.3 is 0 Å². The van der Waals surface area contributed by atoms with Crippen LogP contribution in [0.4, 0.5) is 5.82 Å². The van der Waals surface area contributed by atoms with E-state index in [0.29, 0.717) is 16.4 Å². The van der Waals surface area contributed by atoms with E-state index in [1.807, 2.05) is 18.2 Å². The van der Waals surface area contributed by atoms with Crippen LogP contribution in [0.2, 0.25) is 5.02 Å². The quantitative estimate of drug-likeness (QED) is 0.498. The third kappa shape index (κ3) is 3.78. The molecule has 2 N–H and O–H groups in total. The predicted octanol–water partition coefficient (Wildman–Crippen LogP) is 3.16. The Hall–Kier alpha value is -1.98. The number of hydrogen-bond acceptors (Lipinski definition) is 9. The van der Waals surface area contributed by atoms with E-state index in [9.17, 15) is 0 Å². The molecule has 5 rings (SSSR count). The molecule has 3 aromatic heterocycles. The van der Waals surface area contributed by atoms with Crippen LogP contribution in [0, 0.1) is 0 Å². The first kappa shape index (κ1) is 19.0. The fourth-order valence-corrected chi connectivity index (χ4v) is 5.65. The highest BCUT2D eigenvalue weighted by atomic mass is 35.5. The van der Waals surface area contributed by atoms with E-state index >= 15 is 0 Å². The lowest BCUT2D eigenvalue weighted by molar-refractivity contribution is 0.0362. The summed E-state index contributed by atoms with van der Waals surface area (Å²) < 4.78 is 9.40. The molecule has 4 aromatic rings. The number of imidazole rings is 1. The number of fused-ring (bicyclic) bond motifs is 2. The van der Waals surface area contributed by atoms with Crippen LogP contribution in [0.15, 0.2) is 34.0 Å². The van der Waals surface area contributed by atoms with Crippen LogP contribution < -0.4 is 5.73 Å². The zero-order chi connectivity index (χ0) is 19.8. The molecule has 0 spiro atoms. The van der Waals surface area contributed by atoms with Gasteiger partial charge in [-0.15, -0.1) is 11.3 Å². The van der Waals surface area contributed by atoms with Gasteiger partial charge in [0.15, 0.2) is 26.5 Å². The number of hydrogen-bond donors (Lipinski definition) is 1. The molecule has 4 heterocycles. The molecule has 1 saturated heterocycles. The van der Waals surface area contributed by atoms with Crippen molar-refractivity contribution in [1.82, 2.24) is 29.4 Å². The van der Waals surface area contributed by atoms with E-state index in [-0.39, 0.29) is 0 Å². The van der Waals surface area contributed by atoms with Gasteiger partial charge in [-0.05, 0) is 23.9 Å². The second kappa shape index (κ2) is 8.04. The lowest BCUT2D eigenvalue weighted by Gasteiger charge is -2.26. The SMILES string of the molecule is Nc1ncnc2c1nc(Sc1nc3cccc(Cl)c3s1)n2CCN1CCOCC1. The van der Waals surface area contributed by atoms with Crippen LogP contribution >= 0.6 is 34.7 Å². The average molecular weight is 448 g/mol. The smallest absolute Gasteiger partial charge is 0.177 e. The molecule has 0 saturated carbocycles. The summed E-state index contributed by atoms with van der Waals surface area (Å²) in [5, 5.41) is 1.51. The van der Waals surface area contributed by atoms with Crippen molar-refractivity contribution < 1.29 is 4.74 Å². The Morgan fingerprint density at radius 1 is 1.17 bits per heavy atom. The number of ether oxygens (including phenoxy) is 1. The van der Waals surface area contributed by atoms with Gasteiger partial charge in [0.1, 0.15) is 6.33 Å². The molecule has 150 valence electrons. The lowest BCUT2D eigenvalue weighted by Crippen LogP contribution is -2.38. The number of benzene rings is 1. The van der Waals surface area contributed by atoms with E-state index in [0.717, 1.165) is 64.8 Å². The zero-order valence-electron chi connectivity index (χ0n) is 15.4. The van der Waals surface area contributed by atoms with E-state index in [1.54, 1.807) is 11.3 Å². The molecule has 11 heteroatoms. The molecule has 0 atom stereocenters. The summed E-state index contributed by atoms with van der Waals surface area (Å²) in [6.45, 7) is 5.05. The van der Waals surface area contributed by atoms with Crippen molar-refractivity contribution >= 4 is 61.9 Å². The first-order valence-corrected chi connectivity index (χ1v) is 11.2. The van der Waals surface area contributed by atoms with Crippen molar-refractivity contribution in [2.75, 3.05) is 38.6 Å². The Balaban J connectivity index is 1.49. The summed E-state index contributed by atoms with van der Waals surface area (Å²) in [5.41, 5.74) is 8.31. The number of nitrogen functional groups attached to an aromatic ring is 1. The largest absolute Gasteiger partial charge is 0.382 e. The van der Waals surface area contributed by atoms with Gasteiger partial charge in [-0.2, -0.15) is 0 Å². The normalized spacial score (nSPS) is 15.5. The minimum absolute atomic E-state index is 0.384. The molecule has 8 nitrogen and oxygen atoms in total. The number of halogens is 1. The summed E-state index contributed by atoms with van der Waals surface area (Å²) in [4.78, 5) is 20.3. The van der Waals surface area contributed by atoms with Crippen LogP contribution in [-0.4, -0.2) is 62.3 Å². The van der Waals surface area contributed by atoms with Crippen LogP contribution in [0.25, 0.3) is 21.4 Å². The molecule has 0 radical (unpaired) electrons. The van der Waals surface area contributed by atoms with Crippen molar-refractivity contribution in [3.8, 4) is 0 Å². The Morgan fingerprint density at radius 2 is 2.03 bits per heavy atom. The molecular weight excluding hydrogens is 430 g/mol. The summed E-state index contributed by atoms with van der Waals surface area (Å²) in [6, 6.07) is 5.75. The molecule has 1 aliphatic heterocycles. The summed E-state index contributed by atoms with van der Waals surface area (Å²) >= 11 is 9.38. The van der Waals surface area contributed by atoms with Gasteiger partial charge < -0.3 is 15.0 Å². The molecule has 29 heavy (non-hydrogen) atoms. The Morgan fingerprint density at radius 3 is 2.86 bits per heavy atom. The first-order valence-electron chi connectivity index (χ1n) is 9.19. The molecular formula is C18H18ClN7OS2. The average Bonchev–Trinajstić information content (AvgIpc) is 3.30. The minimum Gasteiger partial charge on any atom is -0.382 e. The van der Waals surface area contributed by atoms with Gasteiger partial charge in [-0.1, -0.05) is 17.7 Å². The Kier molecular flexibility index (Phi) is 5.27. The fraction of sp³-hybridized carbons (Fsp3) is 0.333. The van der Waals surface area contributed by atoms with E-state index in [1.165, 1.54) is 18.1 Å². The van der Waals surface area contributed by atoms with Crippen LogP contribution in [0.3, 0.4) is 0 Å². The number of aromatic nitrogens is 5. The third-order valence-electron chi connectivity index (χ3n) is 4.79. The summed E-state index contributed by atoms with van der Waals surface area (Å²) in [6.07, 6.45) is 1.48. The summed E-state index contributed by atoms with van der Waals surface area (Å²) in [5.74, 6) is 0.384. The number of rotatable bonds is 5. The predicted molar refractivity (Wildman–Crippen MR) is 116 cm³/mol. The maximum atomic E-state index is 6.32. The van der Waals surface area contributed by atoms with Gasteiger partial charge in [0.05, 0.1) is 28.5 Å². The molecule has 0 amide bonds. The number of thiazole rings is 1. The van der Waals surface area contributed by atoms with Crippen LogP contribution in [-0.2, 0) is 11.3 Å². The number of morpholine rings is 1. The van der Waals surface area contributed by atoms with Gasteiger partial charge in [0.2, 0.25) is 0 Å². The van der Waals surface area contributed by atoms with Gasteiger partial charge in [0, 0.05) is 26.2 Å². The van der Waals surface area contributed by atoms with Crippen molar-refractivity contribution in [3.63, 3.8) is 0 Å². The monoisotopic (exact) mass is 447 g/mol. The van der Waals surface area contributed by atoms with Crippen molar-refractivity contribution in [2.45, 2.75) is 16.0 Å². The second-order valence-corrected chi connectivity index (χ2v) is 9.22. The van der Waals surface area contributed by atoms with Crippen molar-refractivity contribution in [2.24, 2.45) is 0 Å². The molecule has 0 bridgehead atoms. The second-order valence-electron chi connectivity index (χ2n) is 6.60. The van der Waals surface area contributed by atoms with E-state index in [4.69, 9.17) is 32.0 Å². The van der Waals surface area contributed by atoms with Crippen molar-refractivity contribution in [1.29, 1.82) is 0 Å². The first-order chi connectivity index (χ1) is 14.2. The van der Waals surface area contributed by atoms with Gasteiger partial charge in [-0.3, -0.25) is 4.90 Å². The topological polar surface area (TPSA) is 95.0 Å². The highest BCUT2D eigenvalue weighted by Crippen LogP contribution is 2.38. The standard InChI is InChI=1S/C18H18ClN7OS2/c19-11-2-1-3-12-14(11)28-18(23-12)29-17-24-13-15(20)21-10-22-16(13)26(17)5-4-25-6-8-27-9-7-25/h1-3,10H,4-9H2,(H2,20,21,22). The molecule has 1 aliphatic rings. The summed E-state index contributed by atoms with van der Waals surface area (Å²) in [7, 11) is 0. The van der Waals surface area contributed by atoms with Crippen LogP contribution in [0.5, 0.6) is 0 Å². The van der Waals surface area contributed by atoms with E-state index < -0.39 is 0 Å². The third-order valence-corrected chi connectivity index (χ3v) is 7.38. The highest BCUT2D eigenvalue weighted by Gasteiger charge is 2.19. The van der Waals surface area contributed by atoms with Crippen molar-refractivity contribution in [3.05, 3.63) is 29.5 Å². The Bertz CT molecular complexity index is 1170.